The van der Waals surface area contributed by atoms with Gasteiger partial charge in [-0.05, 0) is 0 Å². The maximum atomic E-state index is 12.2. The topological polar surface area (TPSA) is 130 Å². The minimum absolute atomic E-state index is 0.0251. The van der Waals surface area contributed by atoms with Crippen LogP contribution in [0.4, 0.5) is 0 Å². The van der Waals surface area contributed by atoms with Crippen LogP contribution in [-0.2, 0) is 14.2 Å². The molecular formula is C18H35AsN2O5P+. The molecule has 0 bridgehead atoms. The molecule has 1 aliphatic carbocycles. The first kappa shape index (κ1) is 24.7. The van der Waals surface area contributed by atoms with Gasteiger partial charge in [-0.1, -0.05) is 0 Å². The number of rotatable bonds is 11. The summed E-state index contributed by atoms with van der Waals surface area (Å²) in [6.45, 7) is 5.50. The number of amides is 1. The molecule has 0 aromatic rings. The van der Waals surface area contributed by atoms with Gasteiger partial charge in [-0.25, -0.2) is 0 Å². The zero-order chi connectivity index (χ0) is 20.6. The summed E-state index contributed by atoms with van der Waals surface area (Å²) in [6, 6.07) is -0.525. The van der Waals surface area contributed by atoms with Crippen LogP contribution in [-0.4, -0.2) is 60.6 Å². The fourth-order valence-electron chi connectivity index (χ4n) is 3.39. The van der Waals surface area contributed by atoms with Crippen LogP contribution >= 0.6 is 8.03 Å². The van der Waals surface area contributed by atoms with Crippen molar-refractivity contribution in [3.05, 3.63) is 0 Å². The molecule has 9 heteroatoms. The van der Waals surface area contributed by atoms with E-state index in [4.69, 9.17) is 5.73 Å². The van der Waals surface area contributed by atoms with Gasteiger partial charge in [0.2, 0.25) is 0 Å². The molecule has 0 aromatic carbocycles. The third kappa shape index (κ3) is 8.70. The number of aliphatic hydroxyl groups is 1. The molecule has 1 fully saturated rings. The van der Waals surface area contributed by atoms with Crippen molar-refractivity contribution < 1.29 is 24.2 Å². The Hall–Kier alpha value is -0.322. The Morgan fingerprint density at radius 3 is 2.33 bits per heavy atom. The second kappa shape index (κ2) is 12.3. The zero-order valence-corrected chi connectivity index (χ0v) is 19.6. The van der Waals surface area contributed by atoms with Gasteiger partial charge in [0.15, 0.2) is 0 Å². The molecule has 0 heterocycles. The predicted molar refractivity (Wildman–Crippen MR) is 108 cm³/mol. The van der Waals surface area contributed by atoms with E-state index in [0.717, 1.165) is 32.1 Å². The van der Waals surface area contributed by atoms with Gasteiger partial charge in [0.25, 0.3) is 0 Å². The van der Waals surface area contributed by atoms with Crippen LogP contribution in [0.15, 0.2) is 0 Å². The average molecular weight is 465 g/mol. The Morgan fingerprint density at radius 1 is 1.22 bits per heavy atom. The van der Waals surface area contributed by atoms with Gasteiger partial charge in [0.05, 0.1) is 0 Å². The second-order valence-corrected chi connectivity index (χ2v) is 12.6. The van der Waals surface area contributed by atoms with E-state index in [1.807, 2.05) is 13.8 Å². The summed E-state index contributed by atoms with van der Waals surface area (Å²) < 4.78 is 11.3. The van der Waals surface area contributed by atoms with Crippen LogP contribution in [0.3, 0.4) is 0 Å². The van der Waals surface area contributed by atoms with E-state index < -0.39 is 46.3 Å². The summed E-state index contributed by atoms with van der Waals surface area (Å²) in [4.78, 5) is 33.9. The summed E-state index contributed by atoms with van der Waals surface area (Å²) in [5, 5.41) is 12.9. The minimum atomic E-state index is -2.36. The number of hydrogen-bond donors (Lipinski definition) is 4. The van der Waals surface area contributed by atoms with Crippen molar-refractivity contribution in [2.24, 2.45) is 17.6 Å². The van der Waals surface area contributed by atoms with Crippen molar-refractivity contribution in [3.63, 3.8) is 0 Å². The van der Waals surface area contributed by atoms with E-state index in [1.54, 1.807) is 6.92 Å². The Labute approximate surface area is 169 Å². The molecule has 0 aromatic heterocycles. The molecule has 0 saturated heterocycles. The van der Waals surface area contributed by atoms with Gasteiger partial charge in [-0.15, -0.1) is 0 Å². The van der Waals surface area contributed by atoms with Crippen LogP contribution < -0.4 is 11.1 Å². The summed E-state index contributed by atoms with van der Waals surface area (Å²) in [6.07, 6.45) is 4.46. The third-order valence-electron chi connectivity index (χ3n) is 5.28. The molecule has 1 saturated carbocycles. The van der Waals surface area contributed by atoms with Crippen molar-refractivity contribution in [1.29, 1.82) is 0 Å². The molecule has 1 aliphatic rings. The summed E-state index contributed by atoms with van der Waals surface area (Å²) in [5.74, 6) is -0.0464. The molecule has 1 rings (SSSR count). The molecular weight excluding hydrogens is 430 g/mol. The first-order valence-electron chi connectivity index (χ1n) is 9.80. The fraction of sp³-hybridized carbons (Fsp3) is 0.889. The predicted octanol–water partition coefficient (Wildman–Crippen LogP) is 1.29. The zero-order valence-electron chi connectivity index (χ0n) is 16.6. The molecule has 6 atom stereocenters. The molecule has 0 spiro atoms. The summed E-state index contributed by atoms with van der Waals surface area (Å²) >= 11 is -1.18. The molecule has 1 amide bonds. The normalized spacial score (nSPS) is 21.1. The van der Waals surface area contributed by atoms with Gasteiger partial charge in [-0.2, -0.15) is 0 Å². The molecule has 27 heavy (non-hydrogen) atoms. The standard InChI is InChI=1S/C18H34AsN2O5P/c1-11(2)16(20)17(23)19-12(3)18(24)21-10-14(22)9-15(27(25)26)13-7-5-4-6-8-13/h11-16,19,22H,4-10,20H2,1-3H3,(H-,21,24,25,26)/p+1/t12-,14+,15?,16-/m0/s1. The average Bonchev–Trinajstić information content (AvgIpc) is 2.63. The Balaban J connectivity index is 2.44. The fourth-order valence-corrected chi connectivity index (χ4v) is 6.96. The van der Waals surface area contributed by atoms with Gasteiger partial charge >= 0.3 is 170 Å². The van der Waals surface area contributed by atoms with Crippen LogP contribution in [0.1, 0.15) is 59.3 Å². The van der Waals surface area contributed by atoms with Gasteiger partial charge in [-0.3, -0.25) is 0 Å². The van der Waals surface area contributed by atoms with E-state index in [1.165, 1.54) is 0 Å². The number of carbonyl (C=O) groups is 2. The van der Waals surface area contributed by atoms with Crippen LogP contribution in [0.2, 0.25) is 4.71 Å². The first-order chi connectivity index (χ1) is 12.6. The molecule has 0 aliphatic heterocycles. The SMILES string of the molecule is CC(C)[C@H](N)C(=O)[AsH][C@@H](C)C(=O)NC[C@H](O)CC(C1CCCCC1)[P+](=O)O. The molecule has 156 valence electrons. The molecule has 0 radical (unpaired) electrons. The van der Waals surface area contributed by atoms with Gasteiger partial charge in [0, 0.05) is 0 Å². The Morgan fingerprint density at radius 2 is 1.81 bits per heavy atom. The van der Waals surface area contributed by atoms with Crippen molar-refractivity contribution >= 4 is 34.3 Å². The Kier molecular flexibility index (Phi) is 11.2. The second-order valence-electron chi connectivity index (χ2n) is 7.90. The summed E-state index contributed by atoms with van der Waals surface area (Å²) in [7, 11) is -2.36. The first-order valence-corrected chi connectivity index (χ1v) is 13.3. The van der Waals surface area contributed by atoms with E-state index in [2.05, 4.69) is 5.32 Å². The molecule has 5 N–H and O–H groups in total. The van der Waals surface area contributed by atoms with Crippen molar-refractivity contribution in [2.75, 3.05) is 6.54 Å². The van der Waals surface area contributed by atoms with E-state index >= 15 is 0 Å². The number of carbonyl (C=O) groups excluding carboxylic acids is 2. The van der Waals surface area contributed by atoms with Gasteiger partial charge < -0.3 is 0 Å². The maximum absolute atomic E-state index is 12.2. The summed E-state index contributed by atoms with van der Waals surface area (Å²) in [5.41, 5.74) is 5.42. The molecule has 3 unspecified atom stereocenters. The van der Waals surface area contributed by atoms with Crippen molar-refractivity contribution in [2.45, 2.75) is 81.8 Å². The molecule has 7 nitrogen and oxygen atoms in total. The van der Waals surface area contributed by atoms with Crippen molar-refractivity contribution in [1.82, 2.24) is 5.32 Å². The van der Waals surface area contributed by atoms with E-state index in [-0.39, 0.29) is 35.3 Å². The third-order valence-corrected chi connectivity index (χ3v) is 9.23. The number of hydrogen-bond acceptors (Lipinski definition) is 5. The quantitative estimate of drug-likeness (QED) is 0.269. The van der Waals surface area contributed by atoms with Crippen LogP contribution in [0.25, 0.3) is 0 Å². The number of nitrogens with two attached hydrogens (primary N) is 1. The number of aliphatic hydroxyl groups excluding tert-OH is 1. The monoisotopic (exact) mass is 465 g/mol. The van der Waals surface area contributed by atoms with Gasteiger partial charge in [0.1, 0.15) is 0 Å². The van der Waals surface area contributed by atoms with Crippen LogP contribution in [0, 0.1) is 11.8 Å². The number of nitrogens with one attached hydrogen (secondary N) is 1. The van der Waals surface area contributed by atoms with Crippen LogP contribution in [0.5, 0.6) is 0 Å². The van der Waals surface area contributed by atoms with E-state index in [0.29, 0.717) is 0 Å². The van der Waals surface area contributed by atoms with Crippen molar-refractivity contribution in [3.8, 4) is 0 Å². The Bertz CT molecular complexity index is 514. The van der Waals surface area contributed by atoms with E-state index in [9.17, 15) is 24.2 Å².